The number of benzodiazepines with no additional fused rings is 1. The molecule has 9 heteroatoms. The van der Waals surface area contributed by atoms with Gasteiger partial charge in [0.2, 0.25) is 6.17 Å². The third-order valence-corrected chi connectivity index (χ3v) is 6.32. The highest BCUT2D eigenvalue weighted by atomic mass is 16.4. The maximum atomic E-state index is 13.1. The number of aliphatic imine (C=N–C) groups is 1. The normalized spacial score (nSPS) is 19.3. The number of hydrogen-bond acceptors (Lipinski definition) is 8. The quantitative estimate of drug-likeness (QED) is 0.400. The molecule has 9 nitrogen and oxygen atoms in total. The third kappa shape index (κ3) is 4.20. The third-order valence-electron chi connectivity index (χ3n) is 6.32. The number of fused-ring (bicyclic) bond motifs is 1. The second-order valence-electron chi connectivity index (χ2n) is 8.74. The monoisotopic (exact) mass is 480 g/mol. The fraction of sp³-hybridized carbons (Fsp3) is 0.185. The van der Waals surface area contributed by atoms with Gasteiger partial charge in [-0.15, -0.1) is 5.10 Å². The zero-order chi connectivity index (χ0) is 24.5. The van der Waals surface area contributed by atoms with Crippen molar-refractivity contribution in [2.24, 2.45) is 4.99 Å². The first-order valence-corrected chi connectivity index (χ1v) is 11.8. The van der Waals surface area contributed by atoms with E-state index in [9.17, 15) is 9.90 Å². The highest BCUT2D eigenvalue weighted by Crippen LogP contribution is 2.33. The van der Waals surface area contributed by atoms with Crippen molar-refractivity contribution < 1.29 is 14.3 Å². The number of hydrogen-bond donors (Lipinski definition) is 3. The molecule has 3 N–H and O–H groups in total. The number of amides is 1. The van der Waals surface area contributed by atoms with Gasteiger partial charge in [-0.3, -0.25) is 4.79 Å². The minimum absolute atomic E-state index is 0.0866. The predicted octanol–water partition coefficient (Wildman–Crippen LogP) is 3.54. The van der Waals surface area contributed by atoms with Crippen molar-refractivity contribution in [3.8, 4) is 11.5 Å². The number of aromatic nitrogens is 2. The maximum absolute atomic E-state index is 13.1. The first-order valence-electron chi connectivity index (χ1n) is 11.8. The number of rotatable bonds is 5. The number of carbonyl (C=O) groups is 1. The topological polar surface area (TPSA) is 116 Å². The fourth-order valence-corrected chi connectivity index (χ4v) is 4.58. The molecule has 0 spiro atoms. The van der Waals surface area contributed by atoms with Crippen LogP contribution in [0.25, 0.3) is 11.5 Å². The number of aliphatic hydroxyl groups is 1. The standard InChI is InChI=1S/C27H24N6O3/c34-18-14-15-33(16-18)22-13-7-5-11-20(22)26-31-32-27(36-26)30-24-25(35)28-21-12-6-4-10-19(21)23(29-24)17-8-2-1-3-9-17/h1-13,18,24,34H,14-16H2,(H,28,35)(H,30,32)/t18-,24?/m1/s1. The average Bonchev–Trinajstić information content (AvgIpc) is 3.53. The van der Waals surface area contributed by atoms with E-state index in [1.165, 1.54) is 0 Å². The Morgan fingerprint density at radius 2 is 1.69 bits per heavy atom. The van der Waals surface area contributed by atoms with Crippen molar-refractivity contribution in [3.05, 3.63) is 90.0 Å². The van der Waals surface area contributed by atoms with Crippen LogP contribution in [0.4, 0.5) is 17.4 Å². The van der Waals surface area contributed by atoms with Crippen molar-refractivity contribution in [1.82, 2.24) is 10.2 Å². The first-order chi connectivity index (χ1) is 17.7. The van der Waals surface area contributed by atoms with Crippen LogP contribution in [0.3, 0.4) is 0 Å². The lowest BCUT2D eigenvalue weighted by Gasteiger charge is -2.20. The summed E-state index contributed by atoms with van der Waals surface area (Å²) < 4.78 is 5.93. The smallest absolute Gasteiger partial charge is 0.317 e. The molecule has 2 atom stereocenters. The van der Waals surface area contributed by atoms with Crippen LogP contribution in [0, 0.1) is 0 Å². The van der Waals surface area contributed by atoms with Gasteiger partial charge in [-0.25, -0.2) is 4.99 Å². The van der Waals surface area contributed by atoms with Crippen molar-refractivity contribution >= 4 is 29.0 Å². The zero-order valence-corrected chi connectivity index (χ0v) is 19.3. The molecule has 1 unspecified atom stereocenters. The maximum Gasteiger partial charge on any atom is 0.317 e. The van der Waals surface area contributed by atoms with Crippen LogP contribution in [0.2, 0.25) is 0 Å². The number of nitrogens with zero attached hydrogens (tertiary/aromatic N) is 4. The summed E-state index contributed by atoms with van der Waals surface area (Å²) in [6.45, 7) is 1.30. The molecule has 3 aromatic carbocycles. The van der Waals surface area contributed by atoms with Gasteiger partial charge in [0.05, 0.1) is 23.1 Å². The van der Waals surface area contributed by atoms with E-state index in [-0.39, 0.29) is 18.0 Å². The molecule has 6 rings (SSSR count). The Labute approximate surface area is 207 Å². The Kier molecular flexibility index (Phi) is 5.67. The SMILES string of the molecule is O=C1Nc2ccccc2C(c2ccccc2)=NC1Nc1nnc(-c2ccccc2N2CC[C@@H](O)C2)o1. The van der Waals surface area contributed by atoms with Gasteiger partial charge in [0.25, 0.3) is 11.8 Å². The molecule has 4 aromatic rings. The Hall–Kier alpha value is -4.50. The zero-order valence-electron chi connectivity index (χ0n) is 19.3. The molecule has 2 aliphatic heterocycles. The van der Waals surface area contributed by atoms with Crippen LogP contribution in [-0.4, -0.2) is 52.3 Å². The predicted molar refractivity (Wildman–Crippen MR) is 137 cm³/mol. The lowest BCUT2D eigenvalue weighted by molar-refractivity contribution is -0.116. The summed E-state index contributed by atoms with van der Waals surface area (Å²) in [6, 6.07) is 25.1. The van der Waals surface area contributed by atoms with E-state index in [0.717, 1.165) is 28.9 Å². The fourth-order valence-electron chi connectivity index (χ4n) is 4.58. The van der Waals surface area contributed by atoms with Crippen molar-refractivity contribution in [2.45, 2.75) is 18.7 Å². The van der Waals surface area contributed by atoms with Crippen LogP contribution in [0.5, 0.6) is 0 Å². The second-order valence-corrected chi connectivity index (χ2v) is 8.74. The molecule has 36 heavy (non-hydrogen) atoms. The van der Waals surface area contributed by atoms with Gasteiger partial charge in [0.1, 0.15) is 0 Å². The molecule has 1 saturated heterocycles. The number of benzene rings is 3. The molecule has 0 saturated carbocycles. The summed E-state index contributed by atoms with van der Waals surface area (Å²) in [5, 5.41) is 24.3. The molecule has 0 bridgehead atoms. The van der Waals surface area contributed by atoms with E-state index in [0.29, 0.717) is 30.3 Å². The average molecular weight is 481 g/mol. The molecular weight excluding hydrogens is 456 g/mol. The van der Waals surface area contributed by atoms with Gasteiger partial charge in [0.15, 0.2) is 0 Å². The Morgan fingerprint density at radius 1 is 0.944 bits per heavy atom. The van der Waals surface area contributed by atoms with Gasteiger partial charge >= 0.3 is 6.01 Å². The van der Waals surface area contributed by atoms with E-state index in [1.54, 1.807) is 0 Å². The van der Waals surface area contributed by atoms with Crippen molar-refractivity contribution in [1.29, 1.82) is 0 Å². The van der Waals surface area contributed by atoms with Crippen LogP contribution in [-0.2, 0) is 4.79 Å². The number of β-amino-alcohol motifs (C(OH)–C–C–N with tert-alkyl or cyclic N) is 1. The Morgan fingerprint density at radius 3 is 2.50 bits per heavy atom. The summed E-state index contributed by atoms with van der Waals surface area (Å²) in [5.41, 5.74) is 4.76. The minimum Gasteiger partial charge on any atom is -0.403 e. The minimum atomic E-state index is -0.982. The number of carbonyl (C=O) groups excluding carboxylic acids is 1. The highest BCUT2D eigenvalue weighted by molar-refractivity contribution is 6.19. The number of nitrogens with one attached hydrogen (secondary N) is 2. The molecule has 1 fully saturated rings. The molecule has 1 aromatic heterocycles. The van der Waals surface area contributed by atoms with Gasteiger partial charge < -0.3 is 25.1 Å². The molecule has 2 aliphatic rings. The Bertz CT molecular complexity index is 1430. The largest absolute Gasteiger partial charge is 0.403 e. The van der Waals surface area contributed by atoms with Crippen LogP contribution < -0.4 is 15.5 Å². The van der Waals surface area contributed by atoms with E-state index >= 15 is 0 Å². The Balaban J connectivity index is 1.32. The van der Waals surface area contributed by atoms with Crippen LogP contribution >= 0.6 is 0 Å². The van der Waals surface area contributed by atoms with E-state index in [2.05, 4.69) is 25.7 Å². The summed E-state index contributed by atoms with van der Waals surface area (Å²) >= 11 is 0. The van der Waals surface area contributed by atoms with Crippen molar-refractivity contribution in [2.75, 3.05) is 28.6 Å². The lowest BCUT2D eigenvalue weighted by atomic mass is 10.0. The summed E-state index contributed by atoms with van der Waals surface area (Å²) in [4.78, 5) is 20.0. The highest BCUT2D eigenvalue weighted by Gasteiger charge is 2.28. The van der Waals surface area contributed by atoms with E-state index in [1.807, 2.05) is 78.9 Å². The van der Waals surface area contributed by atoms with Crippen LogP contribution in [0.15, 0.2) is 88.3 Å². The number of anilines is 3. The van der Waals surface area contributed by atoms with E-state index in [4.69, 9.17) is 9.41 Å². The van der Waals surface area contributed by atoms with Crippen LogP contribution in [0.1, 0.15) is 17.5 Å². The van der Waals surface area contributed by atoms with Crippen molar-refractivity contribution in [3.63, 3.8) is 0 Å². The molecule has 3 heterocycles. The van der Waals surface area contributed by atoms with Gasteiger partial charge in [-0.1, -0.05) is 65.8 Å². The summed E-state index contributed by atoms with van der Waals surface area (Å²) in [5.74, 6) is -0.0151. The lowest BCUT2D eigenvalue weighted by Crippen LogP contribution is -2.32. The molecule has 1 amide bonds. The molecule has 180 valence electrons. The number of aliphatic hydroxyl groups excluding tert-OH is 1. The summed E-state index contributed by atoms with van der Waals surface area (Å²) in [7, 11) is 0. The summed E-state index contributed by atoms with van der Waals surface area (Å²) in [6.07, 6.45) is -0.622. The second kappa shape index (κ2) is 9.27. The van der Waals surface area contributed by atoms with Gasteiger partial charge in [-0.05, 0) is 24.6 Å². The molecule has 0 aliphatic carbocycles. The number of para-hydroxylation sites is 2. The first kappa shape index (κ1) is 22.0. The van der Waals surface area contributed by atoms with E-state index < -0.39 is 6.17 Å². The van der Waals surface area contributed by atoms with Gasteiger partial charge in [-0.2, -0.15) is 0 Å². The molecular formula is C27H24N6O3. The molecule has 0 radical (unpaired) electrons. The van der Waals surface area contributed by atoms with Gasteiger partial charge in [0, 0.05) is 29.9 Å².